The summed E-state index contributed by atoms with van der Waals surface area (Å²) in [5.74, 6) is -0.201. The number of ketones is 1. The highest BCUT2D eigenvalue weighted by Crippen LogP contribution is 2.37. The minimum Gasteiger partial charge on any atom is -0.507 e. The minimum atomic E-state index is -0.339. The molecular formula is C20H19NO4. The first-order valence-electron chi connectivity index (χ1n) is 7.78. The number of aromatic hydroxyl groups is 1. The molecule has 5 heteroatoms. The third-order valence-corrected chi connectivity index (χ3v) is 3.98. The highest BCUT2D eigenvalue weighted by Gasteiger charge is 2.20. The third-order valence-electron chi connectivity index (χ3n) is 3.98. The summed E-state index contributed by atoms with van der Waals surface area (Å²) in [6.45, 7) is 0. The van der Waals surface area contributed by atoms with Crippen molar-refractivity contribution in [1.82, 2.24) is 0 Å². The van der Waals surface area contributed by atoms with Gasteiger partial charge in [0.05, 0.1) is 18.8 Å². The van der Waals surface area contributed by atoms with Crippen molar-refractivity contribution in [3.63, 3.8) is 0 Å². The smallest absolute Gasteiger partial charge is 0.193 e. The monoisotopic (exact) mass is 337 g/mol. The van der Waals surface area contributed by atoms with E-state index in [0.29, 0.717) is 16.7 Å². The zero-order valence-corrected chi connectivity index (χ0v) is 14.3. The van der Waals surface area contributed by atoms with E-state index in [9.17, 15) is 9.90 Å². The van der Waals surface area contributed by atoms with Crippen molar-refractivity contribution in [3.8, 4) is 11.5 Å². The second-order valence-corrected chi connectivity index (χ2v) is 5.82. The average molecular weight is 337 g/mol. The molecule has 2 aromatic carbocycles. The normalized spacial score (nSPS) is 11.2. The van der Waals surface area contributed by atoms with Crippen LogP contribution in [0.3, 0.4) is 0 Å². The molecule has 0 bridgehead atoms. The summed E-state index contributed by atoms with van der Waals surface area (Å²) in [5.41, 5.74) is 2.56. The van der Waals surface area contributed by atoms with E-state index in [2.05, 4.69) is 0 Å². The van der Waals surface area contributed by atoms with E-state index in [1.165, 1.54) is 25.5 Å². The van der Waals surface area contributed by atoms with Crippen molar-refractivity contribution >= 4 is 28.5 Å². The zero-order chi connectivity index (χ0) is 18.0. The number of fused-ring (bicyclic) bond motifs is 1. The molecule has 1 N–H and O–H groups in total. The Balaban J connectivity index is 1.93. The molecule has 0 saturated heterocycles. The van der Waals surface area contributed by atoms with Crippen LogP contribution in [-0.2, 0) is 0 Å². The van der Waals surface area contributed by atoms with E-state index in [1.807, 2.05) is 43.3 Å². The number of rotatable bonds is 5. The van der Waals surface area contributed by atoms with Crippen molar-refractivity contribution in [2.24, 2.45) is 0 Å². The van der Waals surface area contributed by atoms with Gasteiger partial charge in [-0.2, -0.15) is 0 Å². The maximum atomic E-state index is 12.6. The average Bonchev–Trinajstić information content (AvgIpc) is 3.06. The van der Waals surface area contributed by atoms with Crippen molar-refractivity contribution in [2.75, 3.05) is 26.1 Å². The molecule has 1 heterocycles. The second-order valence-electron chi connectivity index (χ2n) is 5.82. The van der Waals surface area contributed by atoms with Crippen LogP contribution in [0, 0.1) is 0 Å². The maximum absolute atomic E-state index is 12.6. The number of phenolic OH excluding ortho intramolecular Hbond substituents is 1. The molecule has 0 unspecified atom stereocenters. The Morgan fingerprint density at radius 2 is 1.92 bits per heavy atom. The third kappa shape index (κ3) is 3.21. The molecule has 3 aromatic rings. The Bertz CT molecular complexity index is 936. The van der Waals surface area contributed by atoms with Crippen LogP contribution in [-0.4, -0.2) is 32.1 Å². The van der Waals surface area contributed by atoms with Gasteiger partial charge in [-0.05, 0) is 29.8 Å². The summed E-state index contributed by atoms with van der Waals surface area (Å²) in [4.78, 5) is 14.6. The quantitative estimate of drug-likeness (QED) is 0.561. The van der Waals surface area contributed by atoms with Crippen LogP contribution in [0.5, 0.6) is 11.5 Å². The number of allylic oxidation sites excluding steroid dienone is 1. The number of hydrogen-bond donors (Lipinski definition) is 1. The van der Waals surface area contributed by atoms with Crippen LogP contribution in [0.4, 0.5) is 5.69 Å². The molecule has 0 amide bonds. The molecule has 0 aliphatic heterocycles. The fourth-order valence-electron chi connectivity index (χ4n) is 2.66. The van der Waals surface area contributed by atoms with E-state index in [4.69, 9.17) is 9.15 Å². The van der Waals surface area contributed by atoms with Crippen LogP contribution in [0.15, 0.2) is 53.2 Å². The molecule has 0 aliphatic carbocycles. The molecule has 0 radical (unpaired) electrons. The predicted octanol–water partition coefficient (Wildman–Crippen LogP) is 4.11. The van der Waals surface area contributed by atoms with Gasteiger partial charge in [0.25, 0.3) is 0 Å². The molecule has 0 spiro atoms. The van der Waals surface area contributed by atoms with Gasteiger partial charge in [-0.25, -0.2) is 0 Å². The molecule has 3 rings (SSSR count). The van der Waals surface area contributed by atoms with Gasteiger partial charge in [0, 0.05) is 25.8 Å². The van der Waals surface area contributed by atoms with Gasteiger partial charge in [-0.1, -0.05) is 18.2 Å². The Morgan fingerprint density at radius 1 is 1.20 bits per heavy atom. The van der Waals surface area contributed by atoms with Gasteiger partial charge in [0.2, 0.25) is 0 Å². The summed E-state index contributed by atoms with van der Waals surface area (Å²) in [7, 11) is 5.40. The highest BCUT2D eigenvalue weighted by molar-refractivity contribution is 6.13. The predicted molar refractivity (Wildman–Crippen MR) is 98.6 cm³/mol. The first kappa shape index (κ1) is 16.6. The molecule has 0 saturated carbocycles. The van der Waals surface area contributed by atoms with Gasteiger partial charge in [-0.3, -0.25) is 4.79 Å². The number of nitrogens with zero attached hydrogens (tertiary/aromatic N) is 1. The molecule has 128 valence electrons. The fourth-order valence-corrected chi connectivity index (χ4v) is 2.66. The number of furan rings is 1. The largest absolute Gasteiger partial charge is 0.507 e. The molecule has 1 aromatic heterocycles. The molecule has 5 nitrogen and oxygen atoms in total. The lowest BCUT2D eigenvalue weighted by molar-refractivity contribution is 0.104. The van der Waals surface area contributed by atoms with Gasteiger partial charge in [0.15, 0.2) is 5.78 Å². The maximum Gasteiger partial charge on any atom is 0.193 e. The van der Waals surface area contributed by atoms with Crippen LogP contribution in [0.2, 0.25) is 0 Å². The fraction of sp³-hybridized carbons (Fsp3) is 0.150. The van der Waals surface area contributed by atoms with Crippen molar-refractivity contribution in [2.45, 2.75) is 0 Å². The summed E-state index contributed by atoms with van der Waals surface area (Å²) in [5, 5.41) is 10.8. The van der Waals surface area contributed by atoms with Gasteiger partial charge in [-0.15, -0.1) is 0 Å². The topological polar surface area (TPSA) is 62.9 Å². The number of methoxy groups -OCH3 is 1. The molecule has 0 fully saturated rings. The van der Waals surface area contributed by atoms with Crippen LogP contribution in [0.1, 0.15) is 15.9 Å². The van der Waals surface area contributed by atoms with Crippen LogP contribution < -0.4 is 9.64 Å². The lowest BCUT2D eigenvalue weighted by atomic mass is 10.0. The second kappa shape index (κ2) is 6.73. The standard InChI is InChI=1S/C20H19NO4/c1-21(2)14-7-4-13(5-8-14)6-9-16(22)19-17(23)12-18-15(10-11-25-18)20(19)24-3/h4-12,23H,1-3H3/b9-6-. The summed E-state index contributed by atoms with van der Waals surface area (Å²) < 4.78 is 10.6. The summed E-state index contributed by atoms with van der Waals surface area (Å²) in [6.07, 6.45) is 4.62. The Kier molecular flexibility index (Phi) is 4.48. The van der Waals surface area contributed by atoms with E-state index in [1.54, 1.807) is 12.1 Å². The van der Waals surface area contributed by atoms with Crippen molar-refractivity contribution in [3.05, 3.63) is 59.9 Å². The Morgan fingerprint density at radius 3 is 2.56 bits per heavy atom. The van der Waals surface area contributed by atoms with Crippen LogP contribution >= 0.6 is 0 Å². The number of benzene rings is 2. The SMILES string of the molecule is COc1c(C(=O)/C=C\c2ccc(N(C)C)cc2)c(O)cc2occc12. The van der Waals surface area contributed by atoms with E-state index < -0.39 is 0 Å². The summed E-state index contributed by atoms with van der Waals surface area (Å²) >= 11 is 0. The number of anilines is 1. The zero-order valence-electron chi connectivity index (χ0n) is 14.3. The lowest BCUT2D eigenvalue weighted by Gasteiger charge is -2.11. The van der Waals surface area contributed by atoms with E-state index >= 15 is 0 Å². The van der Waals surface area contributed by atoms with E-state index in [0.717, 1.165) is 11.3 Å². The molecular weight excluding hydrogens is 318 g/mol. The minimum absolute atomic E-state index is 0.123. The number of carbonyl (C=O) groups excluding carboxylic acids is 1. The van der Waals surface area contributed by atoms with Gasteiger partial charge >= 0.3 is 0 Å². The number of carbonyl (C=O) groups is 1. The number of hydrogen-bond acceptors (Lipinski definition) is 5. The summed E-state index contributed by atoms with van der Waals surface area (Å²) in [6, 6.07) is 10.9. The van der Waals surface area contributed by atoms with Gasteiger partial charge in [0.1, 0.15) is 22.6 Å². The van der Waals surface area contributed by atoms with Crippen LogP contribution in [0.25, 0.3) is 17.0 Å². The van der Waals surface area contributed by atoms with Crippen molar-refractivity contribution < 1.29 is 19.1 Å². The number of ether oxygens (including phenoxy) is 1. The molecule has 0 atom stereocenters. The first-order valence-corrected chi connectivity index (χ1v) is 7.78. The Labute approximate surface area is 145 Å². The highest BCUT2D eigenvalue weighted by atomic mass is 16.5. The first-order chi connectivity index (χ1) is 12.0. The van der Waals surface area contributed by atoms with Gasteiger partial charge < -0.3 is 19.2 Å². The molecule has 25 heavy (non-hydrogen) atoms. The number of phenols is 1. The lowest BCUT2D eigenvalue weighted by Crippen LogP contribution is -2.07. The van der Waals surface area contributed by atoms with Crippen molar-refractivity contribution in [1.29, 1.82) is 0 Å². The molecule has 0 aliphatic rings. The Hall–Kier alpha value is -3.21. The van der Waals surface area contributed by atoms with E-state index in [-0.39, 0.29) is 17.1 Å².